The van der Waals surface area contributed by atoms with Crippen molar-refractivity contribution in [2.45, 2.75) is 37.5 Å². The van der Waals surface area contributed by atoms with E-state index < -0.39 is 10.0 Å². The van der Waals surface area contributed by atoms with Crippen molar-refractivity contribution < 1.29 is 18.3 Å². The van der Waals surface area contributed by atoms with Gasteiger partial charge in [-0.2, -0.15) is 4.31 Å². The van der Waals surface area contributed by atoms with Crippen LogP contribution in [0.3, 0.4) is 0 Å². The fourth-order valence-electron chi connectivity index (χ4n) is 2.22. The van der Waals surface area contributed by atoms with E-state index in [0.29, 0.717) is 18.8 Å². The van der Waals surface area contributed by atoms with Crippen LogP contribution in [0, 0.1) is 0 Å². The topological polar surface area (TPSA) is 71.8 Å². The molecule has 0 aliphatic carbocycles. The minimum absolute atomic E-state index is 0.105. The molecule has 0 spiro atoms. The van der Waals surface area contributed by atoms with E-state index in [0.717, 1.165) is 0 Å². The zero-order chi connectivity index (χ0) is 14.2. The lowest BCUT2D eigenvalue weighted by Gasteiger charge is -2.35. The molecule has 1 fully saturated rings. The molecule has 1 aliphatic heterocycles. The van der Waals surface area contributed by atoms with Gasteiger partial charge in [0.1, 0.15) is 4.90 Å². The van der Waals surface area contributed by atoms with Crippen LogP contribution < -0.4 is 0 Å². The SMILES string of the molecule is CC1CN(S(=O)(=O)c2cc(CO)n(C)c2)C(C)CO1. The van der Waals surface area contributed by atoms with Gasteiger partial charge in [0.25, 0.3) is 0 Å². The number of sulfonamides is 1. The maximum absolute atomic E-state index is 12.6. The first-order chi connectivity index (χ1) is 8.86. The Labute approximate surface area is 113 Å². The molecular formula is C12H20N2O4S. The van der Waals surface area contributed by atoms with Gasteiger partial charge in [0.15, 0.2) is 0 Å². The van der Waals surface area contributed by atoms with Crippen LogP contribution >= 0.6 is 0 Å². The molecule has 1 aliphatic rings. The maximum Gasteiger partial charge on any atom is 0.245 e. The predicted molar refractivity (Wildman–Crippen MR) is 70.1 cm³/mol. The monoisotopic (exact) mass is 288 g/mol. The molecule has 0 saturated carbocycles. The molecule has 1 N–H and O–H groups in total. The summed E-state index contributed by atoms with van der Waals surface area (Å²) in [6.07, 6.45) is 1.43. The minimum Gasteiger partial charge on any atom is -0.390 e. The molecule has 108 valence electrons. The zero-order valence-electron chi connectivity index (χ0n) is 11.4. The van der Waals surface area contributed by atoms with Crippen LogP contribution in [0.4, 0.5) is 0 Å². The van der Waals surface area contributed by atoms with Gasteiger partial charge in [-0.15, -0.1) is 0 Å². The van der Waals surface area contributed by atoms with Crippen molar-refractivity contribution in [2.24, 2.45) is 7.05 Å². The number of hydrogen-bond acceptors (Lipinski definition) is 4. The van der Waals surface area contributed by atoms with Crippen LogP contribution in [-0.2, 0) is 28.4 Å². The lowest BCUT2D eigenvalue weighted by molar-refractivity contribution is -0.0170. The summed E-state index contributed by atoms with van der Waals surface area (Å²) in [7, 11) is -1.82. The van der Waals surface area contributed by atoms with Crippen molar-refractivity contribution in [1.82, 2.24) is 8.87 Å². The molecule has 2 heterocycles. The molecule has 0 aromatic carbocycles. The summed E-state index contributed by atoms with van der Waals surface area (Å²) in [5.74, 6) is 0. The average molecular weight is 288 g/mol. The van der Waals surface area contributed by atoms with Gasteiger partial charge < -0.3 is 14.4 Å². The number of nitrogens with zero attached hydrogens (tertiary/aromatic N) is 2. The number of aliphatic hydroxyl groups excluding tert-OH is 1. The first-order valence-corrected chi connectivity index (χ1v) is 7.69. The highest BCUT2D eigenvalue weighted by molar-refractivity contribution is 7.89. The van der Waals surface area contributed by atoms with Crippen molar-refractivity contribution in [3.63, 3.8) is 0 Å². The van der Waals surface area contributed by atoms with Gasteiger partial charge >= 0.3 is 0 Å². The third kappa shape index (κ3) is 2.69. The highest BCUT2D eigenvalue weighted by Gasteiger charge is 2.34. The first kappa shape index (κ1) is 14.5. The van der Waals surface area contributed by atoms with Crippen molar-refractivity contribution in [3.05, 3.63) is 18.0 Å². The standard InChI is InChI=1S/C12H20N2O4S/c1-9-8-18-10(2)5-14(9)19(16,17)12-4-11(7-15)13(3)6-12/h4,6,9-10,15H,5,7-8H2,1-3H3. The Morgan fingerprint density at radius 2 is 2.16 bits per heavy atom. The Morgan fingerprint density at radius 3 is 2.74 bits per heavy atom. The van der Waals surface area contributed by atoms with Gasteiger partial charge in [-0.3, -0.25) is 0 Å². The molecule has 0 bridgehead atoms. The van der Waals surface area contributed by atoms with E-state index in [9.17, 15) is 8.42 Å². The van der Waals surface area contributed by atoms with Gasteiger partial charge in [0.2, 0.25) is 10.0 Å². The van der Waals surface area contributed by atoms with E-state index in [1.807, 2.05) is 13.8 Å². The second kappa shape index (κ2) is 5.24. The Bertz CT molecular complexity index is 552. The van der Waals surface area contributed by atoms with Gasteiger partial charge in [0.05, 0.1) is 19.3 Å². The molecule has 6 nitrogen and oxygen atoms in total. The minimum atomic E-state index is -3.53. The fraction of sp³-hybridized carbons (Fsp3) is 0.667. The number of aliphatic hydroxyl groups is 1. The second-order valence-corrected chi connectivity index (χ2v) is 6.89. The summed E-state index contributed by atoms with van der Waals surface area (Å²) in [4.78, 5) is 0.222. The van der Waals surface area contributed by atoms with E-state index in [4.69, 9.17) is 9.84 Å². The van der Waals surface area contributed by atoms with E-state index in [1.54, 1.807) is 11.6 Å². The van der Waals surface area contributed by atoms with E-state index in [1.165, 1.54) is 16.6 Å². The van der Waals surface area contributed by atoms with Gasteiger partial charge in [-0.1, -0.05) is 0 Å². The summed E-state index contributed by atoms with van der Waals surface area (Å²) in [6.45, 7) is 4.27. The number of aromatic nitrogens is 1. The molecule has 7 heteroatoms. The van der Waals surface area contributed by atoms with Crippen molar-refractivity contribution in [3.8, 4) is 0 Å². The van der Waals surface area contributed by atoms with E-state index in [-0.39, 0.29) is 23.6 Å². The Balaban J connectivity index is 2.35. The molecule has 2 unspecified atom stereocenters. The quantitative estimate of drug-likeness (QED) is 0.869. The second-order valence-electron chi connectivity index (χ2n) is 5.00. The average Bonchev–Trinajstić information content (AvgIpc) is 2.74. The number of hydrogen-bond donors (Lipinski definition) is 1. The number of rotatable bonds is 3. The lowest BCUT2D eigenvalue weighted by Crippen LogP contribution is -2.49. The molecule has 2 atom stereocenters. The summed E-state index contributed by atoms with van der Waals surface area (Å²) >= 11 is 0. The van der Waals surface area contributed by atoms with Crippen LogP contribution in [0.15, 0.2) is 17.2 Å². The van der Waals surface area contributed by atoms with E-state index >= 15 is 0 Å². The van der Waals surface area contributed by atoms with Crippen LogP contribution in [-0.4, -0.2) is 47.7 Å². The Kier molecular flexibility index (Phi) is 4.00. The third-order valence-corrected chi connectivity index (χ3v) is 5.35. The molecule has 2 rings (SSSR count). The molecule has 19 heavy (non-hydrogen) atoms. The number of ether oxygens (including phenoxy) is 1. The van der Waals surface area contributed by atoms with Crippen LogP contribution in [0.5, 0.6) is 0 Å². The zero-order valence-corrected chi connectivity index (χ0v) is 12.2. The largest absolute Gasteiger partial charge is 0.390 e. The van der Waals surface area contributed by atoms with Crippen LogP contribution in [0.1, 0.15) is 19.5 Å². The fourth-order valence-corrected chi connectivity index (χ4v) is 4.01. The molecule has 0 amide bonds. The van der Waals surface area contributed by atoms with E-state index in [2.05, 4.69) is 0 Å². The summed E-state index contributed by atoms with van der Waals surface area (Å²) < 4.78 is 33.7. The molecule has 1 aromatic heterocycles. The molecule has 1 saturated heterocycles. The maximum atomic E-state index is 12.6. The van der Waals surface area contributed by atoms with Crippen LogP contribution in [0.25, 0.3) is 0 Å². The summed E-state index contributed by atoms with van der Waals surface area (Å²) in [6, 6.07) is 1.33. The highest BCUT2D eigenvalue weighted by Crippen LogP contribution is 2.23. The van der Waals surface area contributed by atoms with Crippen molar-refractivity contribution in [1.29, 1.82) is 0 Å². The van der Waals surface area contributed by atoms with Gasteiger partial charge in [-0.05, 0) is 19.9 Å². The Hall–Kier alpha value is -0.890. The van der Waals surface area contributed by atoms with Crippen molar-refractivity contribution in [2.75, 3.05) is 13.2 Å². The summed E-state index contributed by atoms with van der Waals surface area (Å²) in [5, 5.41) is 9.15. The summed E-state index contributed by atoms with van der Waals surface area (Å²) in [5.41, 5.74) is 0.576. The van der Waals surface area contributed by atoms with Gasteiger partial charge in [0, 0.05) is 31.5 Å². The number of aryl methyl sites for hydroxylation is 1. The smallest absolute Gasteiger partial charge is 0.245 e. The predicted octanol–water partition coefficient (Wildman–Crippen LogP) is 0.315. The number of morpholine rings is 1. The van der Waals surface area contributed by atoms with Crippen molar-refractivity contribution >= 4 is 10.0 Å². The van der Waals surface area contributed by atoms with Gasteiger partial charge in [-0.25, -0.2) is 8.42 Å². The lowest BCUT2D eigenvalue weighted by atomic mass is 10.2. The molecule has 0 radical (unpaired) electrons. The van der Waals surface area contributed by atoms with Crippen LogP contribution in [0.2, 0.25) is 0 Å². The third-order valence-electron chi connectivity index (χ3n) is 3.40. The molecule has 1 aromatic rings. The normalized spacial score (nSPS) is 25.7. The molecular weight excluding hydrogens is 268 g/mol. The highest BCUT2D eigenvalue weighted by atomic mass is 32.2. The Morgan fingerprint density at radius 1 is 1.47 bits per heavy atom. The first-order valence-electron chi connectivity index (χ1n) is 6.25.